The van der Waals surface area contributed by atoms with Crippen LogP contribution in [0.25, 0.3) is 0 Å². The minimum atomic E-state index is -0.254. The number of aryl methyl sites for hydroxylation is 1. The molecular formula is C23H26N4O2. The van der Waals surface area contributed by atoms with Crippen molar-refractivity contribution in [3.8, 4) is 5.75 Å². The Morgan fingerprint density at radius 3 is 2.48 bits per heavy atom. The molecule has 0 bridgehead atoms. The predicted molar refractivity (Wildman–Crippen MR) is 116 cm³/mol. The normalized spacial score (nSPS) is 10.7. The lowest BCUT2D eigenvalue weighted by Gasteiger charge is -2.14. The maximum Gasteiger partial charge on any atom is 0.274 e. The summed E-state index contributed by atoms with van der Waals surface area (Å²) in [4.78, 5) is 21.5. The second-order valence-electron chi connectivity index (χ2n) is 7.08. The molecule has 0 saturated carbocycles. The molecular weight excluding hydrogens is 364 g/mol. The summed E-state index contributed by atoms with van der Waals surface area (Å²) < 4.78 is 5.18. The van der Waals surface area contributed by atoms with Crippen molar-refractivity contribution >= 4 is 17.4 Å². The molecule has 1 heterocycles. The molecule has 0 aliphatic heterocycles. The molecule has 2 N–H and O–H groups in total. The van der Waals surface area contributed by atoms with Crippen LogP contribution in [0.4, 0.5) is 11.5 Å². The highest BCUT2D eigenvalue weighted by Crippen LogP contribution is 2.24. The maximum atomic E-state index is 12.8. The zero-order chi connectivity index (χ0) is 20.8. The standard InChI is InChI=1S/C23H26N4O2/c1-15(2)19-7-5-6-8-20(19)27-23(28)21-13-22(26-16(3)25-21)24-14-17-9-11-18(29-4)12-10-17/h5-13,15H,14H2,1-4H3,(H,27,28)(H,24,25,26). The molecule has 29 heavy (non-hydrogen) atoms. The van der Waals surface area contributed by atoms with Gasteiger partial charge in [0, 0.05) is 18.3 Å². The molecule has 1 aromatic heterocycles. The molecule has 2 aromatic carbocycles. The topological polar surface area (TPSA) is 76.1 Å². The van der Waals surface area contributed by atoms with Gasteiger partial charge in [0.05, 0.1) is 7.11 Å². The lowest BCUT2D eigenvalue weighted by molar-refractivity contribution is 0.102. The number of methoxy groups -OCH3 is 1. The third-order valence-electron chi connectivity index (χ3n) is 4.53. The molecule has 0 fully saturated rings. The second-order valence-corrected chi connectivity index (χ2v) is 7.08. The van der Waals surface area contributed by atoms with Gasteiger partial charge in [-0.1, -0.05) is 44.2 Å². The van der Waals surface area contributed by atoms with E-state index in [1.807, 2.05) is 48.5 Å². The van der Waals surface area contributed by atoms with Gasteiger partial charge < -0.3 is 15.4 Å². The molecule has 1 amide bonds. The summed E-state index contributed by atoms with van der Waals surface area (Å²) in [5.41, 5.74) is 3.30. The van der Waals surface area contributed by atoms with Crippen LogP contribution in [0.5, 0.6) is 5.75 Å². The summed E-state index contributed by atoms with van der Waals surface area (Å²) in [5, 5.41) is 6.23. The number of ether oxygens (including phenoxy) is 1. The smallest absolute Gasteiger partial charge is 0.274 e. The minimum Gasteiger partial charge on any atom is -0.497 e. The summed E-state index contributed by atoms with van der Waals surface area (Å²) in [5.74, 6) is 2.01. The number of amides is 1. The Hall–Kier alpha value is -3.41. The first kappa shape index (κ1) is 20.3. The number of nitrogens with zero attached hydrogens (tertiary/aromatic N) is 2. The first-order valence-corrected chi connectivity index (χ1v) is 9.59. The van der Waals surface area contributed by atoms with Crippen LogP contribution in [-0.2, 0) is 6.54 Å². The van der Waals surface area contributed by atoms with Crippen molar-refractivity contribution in [2.75, 3.05) is 17.7 Å². The number of nitrogens with one attached hydrogen (secondary N) is 2. The fourth-order valence-electron chi connectivity index (χ4n) is 3.01. The van der Waals surface area contributed by atoms with Gasteiger partial charge in [0.15, 0.2) is 0 Å². The van der Waals surface area contributed by atoms with E-state index in [1.165, 1.54) is 0 Å². The summed E-state index contributed by atoms with van der Waals surface area (Å²) in [6.45, 7) is 6.55. The van der Waals surface area contributed by atoms with Gasteiger partial charge in [-0.3, -0.25) is 4.79 Å². The van der Waals surface area contributed by atoms with Gasteiger partial charge >= 0.3 is 0 Å². The molecule has 150 valence electrons. The van der Waals surface area contributed by atoms with E-state index in [9.17, 15) is 4.79 Å². The van der Waals surface area contributed by atoms with Gasteiger partial charge in [-0.15, -0.1) is 0 Å². The molecule has 0 radical (unpaired) electrons. The summed E-state index contributed by atoms with van der Waals surface area (Å²) in [6, 6.07) is 17.3. The highest BCUT2D eigenvalue weighted by molar-refractivity contribution is 6.03. The van der Waals surface area contributed by atoms with E-state index < -0.39 is 0 Å². The lowest BCUT2D eigenvalue weighted by Crippen LogP contribution is -2.17. The van der Waals surface area contributed by atoms with E-state index >= 15 is 0 Å². The van der Waals surface area contributed by atoms with Crippen LogP contribution < -0.4 is 15.4 Å². The Bertz CT molecular complexity index is 984. The molecule has 3 rings (SSSR count). The molecule has 0 unspecified atom stereocenters. The summed E-state index contributed by atoms with van der Waals surface area (Å²) in [6.07, 6.45) is 0. The number of para-hydroxylation sites is 1. The van der Waals surface area contributed by atoms with Crippen LogP contribution >= 0.6 is 0 Å². The number of hydrogen-bond acceptors (Lipinski definition) is 5. The van der Waals surface area contributed by atoms with Crippen LogP contribution in [0.3, 0.4) is 0 Å². The molecule has 6 nitrogen and oxygen atoms in total. The van der Waals surface area contributed by atoms with Crippen LogP contribution in [0.1, 0.15) is 47.2 Å². The molecule has 0 atom stereocenters. The number of rotatable bonds is 7. The first-order chi connectivity index (χ1) is 14.0. The quantitative estimate of drug-likeness (QED) is 0.607. The van der Waals surface area contributed by atoms with Crippen molar-refractivity contribution in [3.05, 3.63) is 77.2 Å². The number of carbonyl (C=O) groups is 1. The lowest BCUT2D eigenvalue weighted by atomic mass is 10.0. The van der Waals surface area contributed by atoms with Crippen molar-refractivity contribution in [3.63, 3.8) is 0 Å². The zero-order valence-electron chi connectivity index (χ0n) is 17.2. The van der Waals surface area contributed by atoms with E-state index in [0.717, 1.165) is 22.6 Å². The number of anilines is 2. The Morgan fingerprint density at radius 2 is 1.79 bits per heavy atom. The van der Waals surface area contributed by atoms with Gasteiger partial charge in [-0.05, 0) is 42.2 Å². The third kappa shape index (κ3) is 5.31. The maximum absolute atomic E-state index is 12.8. The van der Waals surface area contributed by atoms with Crippen LogP contribution in [0.2, 0.25) is 0 Å². The Kier molecular flexibility index (Phi) is 6.44. The molecule has 0 aliphatic rings. The van der Waals surface area contributed by atoms with Crippen molar-refractivity contribution in [2.45, 2.75) is 33.2 Å². The fourth-order valence-corrected chi connectivity index (χ4v) is 3.01. The van der Waals surface area contributed by atoms with Gasteiger partial charge in [0.2, 0.25) is 0 Å². The van der Waals surface area contributed by atoms with Gasteiger partial charge in [0.25, 0.3) is 5.91 Å². The van der Waals surface area contributed by atoms with E-state index in [-0.39, 0.29) is 5.91 Å². The van der Waals surface area contributed by atoms with E-state index in [4.69, 9.17) is 4.74 Å². The zero-order valence-corrected chi connectivity index (χ0v) is 17.2. The van der Waals surface area contributed by atoms with Crippen molar-refractivity contribution in [2.24, 2.45) is 0 Å². The number of aromatic nitrogens is 2. The number of hydrogen-bond donors (Lipinski definition) is 2. The highest BCUT2D eigenvalue weighted by atomic mass is 16.5. The number of benzene rings is 2. The summed E-state index contributed by atoms with van der Waals surface area (Å²) >= 11 is 0. The fraction of sp³-hybridized carbons (Fsp3) is 0.261. The molecule has 3 aromatic rings. The molecule has 0 saturated heterocycles. The van der Waals surface area contributed by atoms with E-state index in [0.29, 0.717) is 29.8 Å². The molecule has 0 spiro atoms. The highest BCUT2D eigenvalue weighted by Gasteiger charge is 2.14. The largest absolute Gasteiger partial charge is 0.497 e. The van der Waals surface area contributed by atoms with E-state index in [1.54, 1.807) is 20.1 Å². The van der Waals surface area contributed by atoms with Gasteiger partial charge in [-0.25, -0.2) is 9.97 Å². The van der Waals surface area contributed by atoms with Gasteiger partial charge in [0.1, 0.15) is 23.1 Å². The Balaban J connectivity index is 1.73. The van der Waals surface area contributed by atoms with Crippen LogP contribution in [-0.4, -0.2) is 23.0 Å². The van der Waals surface area contributed by atoms with Crippen LogP contribution in [0, 0.1) is 6.92 Å². The van der Waals surface area contributed by atoms with Crippen molar-refractivity contribution in [1.29, 1.82) is 0 Å². The SMILES string of the molecule is COc1ccc(CNc2cc(C(=O)Nc3ccccc3C(C)C)nc(C)n2)cc1. The Morgan fingerprint density at radius 1 is 1.07 bits per heavy atom. The van der Waals surface area contributed by atoms with Crippen LogP contribution in [0.15, 0.2) is 54.6 Å². The monoisotopic (exact) mass is 390 g/mol. The summed E-state index contributed by atoms with van der Waals surface area (Å²) in [7, 11) is 1.64. The third-order valence-corrected chi connectivity index (χ3v) is 4.53. The van der Waals surface area contributed by atoms with Crippen molar-refractivity contribution < 1.29 is 9.53 Å². The average Bonchev–Trinajstić information content (AvgIpc) is 2.72. The first-order valence-electron chi connectivity index (χ1n) is 9.59. The average molecular weight is 390 g/mol. The molecule has 0 aliphatic carbocycles. The van der Waals surface area contributed by atoms with Crippen molar-refractivity contribution in [1.82, 2.24) is 9.97 Å². The number of carbonyl (C=O) groups excluding carboxylic acids is 1. The van der Waals surface area contributed by atoms with E-state index in [2.05, 4.69) is 34.4 Å². The minimum absolute atomic E-state index is 0.254. The molecule has 6 heteroatoms. The predicted octanol–water partition coefficient (Wildman–Crippen LogP) is 4.78. The van der Waals surface area contributed by atoms with Gasteiger partial charge in [-0.2, -0.15) is 0 Å². The second kappa shape index (κ2) is 9.19. The Labute approximate surface area is 171 Å².